The topological polar surface area (TPSA) is 65.3 Å². The molecule has 0 bridgehead atoms. The van der Waals surface area contributed by atoms with Gasteiger partial charge >= 0.3 is 0 Å². The number of imide groups is 1. The molecule has 144 valence electrons. The van der Waals surface area contributed by atoms with Crippen molar-refractivity contribution in [1.29, 1.82) is 0 Å². The molecule has 0 saturated carbocycles. The van der Waals surface area contributed by atoms with Crippen LogP contribution in [0, 0.1) is 20.8 Å². The first-order chi connectivity index (χ1) is 13.4. The minimum atomic E-state index is -0.760. The molecule has 0 unspecified atom stereocenters. The summed E-state index contributed by atoms with van der Waals surface area (Å²) in [5.41, 5.74) is 6.39. The zero-order valence-electron chi connectivity index (χ0n) is 16.6. The van der Waals surface area contributed by atoms with Crippen molar-refractivity contribution in [3.8, 4) is 0 Å². The standard InChI is InChI=1S/C22H24N4O2/c1-5-16-6-8-17(9-7-16)26-21(27)19-20(22(26)28)25(24-23-19)12-18-14(3)10-13(2)11-15(18)4/h6-11,19-20H,5,12H2,1-4H3/t19-,20-/m0/s1. The van der Waals surface area contributed by atoms with Gasteiger partial charge in [-0.2, -0.15) is 5.11 Å². The number of carbonyl (C=O) groups is 2. The number of hydrogen-bond acceptors (Lipinski definition) is 5. The molecule has 1 saturated heterocycles. The van der Waals surface area contributed by atoms with E-state index in [2.05, 4.69) is 50.2 Å². The molecular weight excluding hydrogens is 352 g/mol. The average molecular weight is 376 g/mol. The lowest BCUT2D eigenvalue weighted by molar-refractivity contribution is -0.123. The highest BCUT2D eigenvalue weighted by atomic mass is 16.2. The number of amides is 2. The van der Waals surface area contributed by atoms with E-state index in [0.717, 1.165) is 28.7 Å². The van der Waals surface area contributed by atoms with Gasteiger partial charge in [0.15, 0.2) is 12.1 Å². The summed E-state index contributed by atoms with van der Waals surface area (Å²) in [6.45, 7) is 8.71. The van der Waals surface area contributed by atoms with E-state index in [0.29, 0.717) is 12.2 Å². The SMILES string of the molecule is CCc1ccc(N2C(=O)[C@H]3N=NN(Cc4c(C)cc(C)cc4C)[C@@H]3C2=O)cc1. The van der Waals surface area contributed by atoms with Gasteiger partial charge in [-0.3, -0.25) is 14.6 Å². The van der Waals surface area contributed by atoms with Gasteiger partial charge in [-0.1, -0.05) is 42.0 Å². The molecule has 6 nitrogen and oxygen atoms in total. The van der Waals surface area contributed by atoms with Crippen LogP contribution in [0.3, 0.4) is 0 Å². The number of rotatable bonds is 4. The Balaban J connectivity index is 1.61. The number of carbonyl (C=O) groups excluding carboxylic acids is 2. The zero-order chi connectivity index (χ0) is 20.0. The minimum Gasteiger partial charge on any atom is -0.271 e. The molecule has 2 atom stereocenters. The van der Waals surface area contributed by atoms with Gasteiger partial charge in [0.2, 0.25) is 0 Å². The summed E-state index contributed by atoms with van der Waals surface area (Å²) in [6.07, 6.45) is 0.907. The summed E-state index contributed by atoms with van der Waals surface area (Å²) in [4.78, 5) is 27.2. The molecule has 2 amide bonds. The van der Waals surface area contributed by atoms with Crippen molar-refractivity contribution in [3.63, 3.8) is 0 Å². The Kier molecular flexibility index (Phi) is 4.49. The smallest absolute Gasteiger partial charge is 0.263 e. The lowest BCUT2D eigenvalue weighted by atomic mass is 9.99. The van der Waals surface area contributed by atoms with Crippen LogP contribution in [0.2, 0.25) is 0 Å². The molecule has 0 radical (unpaired) electrons. The minimum absolute atomic E-state index is 0.258. The number of fused-ring (bicyclic) bond motifs is 1. The third-order valence-corrected chi connectivity index (χ3v) is 5.62. The van der Waals surface area contributed by atoms with E-state index in [1.807, 2.05) is 24.3 Å². The maximum atomic E-state index is 13.1. The maximum absolute atomic E-state index is 13.1. The molecule has 28 heavy (non-hydrogen) atoms. The first kappa shape index (κ1) is 18.3. The van der Waals surface area contributed by atoms with Gasteiger partial charge in [0, 0.05) is 0 Å². The van der Waals surface area contributed by atoms with Crippen molar-refractivity contribution in [1.82, 2.24) is 5.01 Å². The van der Waals surface area contributed by atoms with Crippen LogP contribution >= 0.6 is 0 Å². The van der Waals surface area contributed by atoms with Gasteiger partial charge in [0.05, 0.1) is 12.2 Å². The zero-order valence-corrected chi connectivity index (χ0v) is 16.6. The highest BCUT2D eigenvalue weighted by Crippen LogP contribution is 2.33. The van der Waals surface area contributed by atoms with Crippen LogP contribution in [0.4, 0.5) is 5.69 Å². The molecule has 2 aromatic rings. The van der Waals surface area contributed by atoms with E-state index in [4.69, 9.17) is 0 Å². The first-order valence-electron chi connectivity index (χ1n) is 9.61. The van der Waals surface area contributed by atoms with Crippen LogP contribution in [0.1, 0.15) is 34.7 Å². The molecule has 2 heterocycles. The molecule has 0 spiro atoms. The largest absolute Gasteiger partial charge is 0.271 e. The fourth-order valence-corrected chi connectivity index (χ4v) is 4.11. The van der Waals surface area contributed by atoms with Crippen LogP contribution < -0.4 is 4.90 Å². The highest BCUT2D eigenvalue weighted by Gasteiger charge is 2.54. The van der Waals surface area contributed by atoms with Crippen molar-refractivity contribution in [2.75, 3.05) is 4.90 Å². The lowest BCUT2D eigenvalue weighted by Crippen LogP contribution is -2.39. The molecule has 4 rings (SSSR count). The van der Waals surface area contributed by atoms with Gasteiger partial charge in [0.1, 0.15) is 0 Å². The fourth-order valence-electron chi connectivity index (χ4n) is 4.11. The predicted molar refractivity (Wildman–Crippen MR) is 107 cm³/mol. The number of benzene rings is 2. The lowest BCUT2D eigenvalue weighted by Gasteiger charge is -2.22. The molecule has 2 aliphatic rings. The van der Waals surface area contributed by atoms with E-state index in [9.17, 15) is 9.59 Å². The Morgan fingerprint density at radius 3 is 2.21 bits per heavy atom. The van der Waals surface area contributed by atoms with Gasteiger partial charge in [-0.15, -0.1) is 0 Å². The molecule has 2 aromatic carbocycles. The third-order valence-electron chi connectivity index (χ3n) is 5.62. The highest BCUT2D eigenvalue weighted by molar-refractivity contribution is 6.25. The van der Waals surface area contributed by atoms with Crippen molar-refractivity contribution in [2.24, 2.45) is 10.3 Å². The van der Waals surface area contributed by atoms with Crippen LogP contribution in [0.25, 0.3) is 0 Å². The summed E-state index contributed by atoms with van der Waals surface area (Å²) < 4.78 is 0. The number of aryl methyl sites for hydroxylation is 4. The van der Waals surface area contributed by atoms with Crippen molar-refractivity contribution in [2.45, 2.75) is 52.7 Å². The van der Waals surface area contributed by atoms with E-state index >= 15 is 0 Å². The summed E-state index contributed by atoms with van der Waals surface area (Å²) in [5.74, 6) is -0.561. The van der Waals surface area contributed by atoms with Crippen LogP contribution in [-0.4, -0.2) is 28.9 Å². The molecule has 2 aliphatic heterocycles. The Labute approximate surface area is 164 Å². The number of anilines is 1. The number of hydrogen-bond donors (Lipinski definition) is 0. The number of nitrogens with zero attached hydrogens (tertiary/aromatic N) is 4. The molecular formula is C22H24N4O2. The van der Waals surface area contributed by atoms with Crippen molar-refractivity contribution >= 4 is 17.5 Å². The summed E-state index contributed by atoms with van der Waals surface area (Å²) in [7, 11) is 0. The van der Waals surface area contributed by atoms with Crippen molar-refractivity contribution in [3.05, 3.63) is 64.2 Å². The summed E-state index contributed by atoms with van der Waals surface area (Å²) in [6, 6.07) is 10.4. The predicted octanol–water partition coefficient (Wildman–Crippen LogP) is 3.67. The quantitative estimate of drug-likeness (QED) is 0.765. The molecule has 0 aliphatic carbocycles. The van der Waals surface area contributed by atoms with Gasteiger partial charge in [-0.25, -0.2) is 4.90 Å². The van der Waals surface area contributed by atoms with Gasteiger partial charge in [0.25, 0.3) is 11.8 Å². The second kappa shape index (κ2) is 6.86. The Bertz CT molecular complexity index is 958. The summed E-state index contributed by atoms with van der Waals surface area (Å²) >= 11 is 0. The normalized spacial score (nSPS) is 21.0. The Morgan fingerprint density at radius 1 is 0.964 bits per heavy atom. The monoisotopic (exact) mass is 376 g/mol. The van der Waals surface area contributed by atoms with Gasteiger partial charge < -0.3 is 0 Å². The second-order valence-electron chi connectivity index (χ2n) is 7.60. The van der Waals surface area contributed by atoms with E-state index in [1.165, 1.54) is 10.5 Å². The van der Waals surface area contributed by atoms with Crippen LogP contribution in [-0.2, 0) is 22.6 Å². The van der Waals surface area contributed by atoms with E-state index in [1.54, 1.807) is 5.01 Å². The van der Waals surface area contributed by atoms with Crippen LogP contribution in [0.15, 0.2) is 46.7 Å². The maximum Gasteiger partial charge on any atom is 0.263 e. The summed E-state index contributed by atoms with van der Waals surface area (Å²) in [5, 5.41) is 9.96. The first-order valence-corrected chi connectivity index (χ1v) is 9.61. The molecule has 1 fully saturated rings. The molecule has 6 heteroatoms. The molecule has 0 aromatic heterocycles. The van der Waals surface area contributed by atoms with E-state index in [-0.39, 0.29) is 11.8 Å². The second-order valence-corrected chi connectivity index (χ2v) is 7.60. The third kappa shape index (κ3) is 2.89. The van der Waals surface area contributed by atoms with Crippen molar-refractivity contribution < 1.29 is 9.59 Å². The molecule has 0 N–H and O–H groups in total. The fraction of sp³-hybridized carbons (Fsp3) is 0.364. The average Bonchev–Trinajstić information content (AvgIpc) is 3.18. The Hall–Kier alpha value is -3.02. The Morgan fingerprint density at radius 2 is 1.61 bits per heavy atom. The van der Waals surface area contributed by atoms with E-state index < -0.39 is 12.1 Å². The van der Waals surface area contributed by atoms with Crippen LogP contribution in [0.5, 0.6) is 0 Å². The van der Waals surface area contributed by atoms with Gasteiger partial charge in [-0.05, 0) is 61.6 Å².